The van der Waals surface area contributed by atoms with Crippen LogP contribution in [0.2, 0.25) is 0 Å². The third-order valence-corrected chi connectivity index (χ3v) is 5.47. The Hall–Kier alpha value is -2.12. The normalized spacial score (nSPS) is 12.3. The van der Waals surface area contributed by atoms with E-state index in [4.69, 9.17) is 16.2 Å². The summed E-state index contributed by atoms with van der Waals surface area (Å²) in [5, 5.41) is 0. The molecule has 0 saturated heterocycles. The molecule has 8 heteroatoms. The SMILES string of the molecule is CCCCCC[C@@H](CC(N)=O)N(CCC)C(=O)[C@@H](N)CCCC(=O)OCc1ccccc1.Cl. The number of nitrogens with two attached hydrogens (primary N) is 2. The Labute approximate surface area is 205 Å². The number of amides is 2. The lowest BCUT2D eigenvalue weighted by atomic mass is 10.0. The summed E-state index contributed by atoms with van der Waals surface area (Å²) in [5.41, 5.74) is 12.6. The van der Waals surface area contributed by atoms with Gasteiger partial charge in [0.25, 0.3) is 0 Å². The molecule has 0 spiro atoms. The molecule has 0 saturated carbocycles. The van der Waals surface area contributed by atoms with E-state index < -0.39 is 11.9 Å². The van der Waals surface area contributed by atoms with E-state index in [9.17, 15) is 14.4 Å². The zero-order chi connectivity index (χ0) is 23.8. The van der Waals surface area contributed by atoms with Crippen LogP contribution in [-0.4, -0.2) is 41.3 Å². The third kappa shape index (κ3) is 13.2. The molecule has 0 aliphatic heterocycles. The molecule has 0 bridgehead atoms. The first kappa shape index (κ1) is 30.9. The molecule has 0 aliphatic carbocycles. The average molecular weight is 484 g/mol. The number of unbranched alkanes of at least 4 members (excludes halogenated alkanes) is 3. The van der Waals surface area contributed by atoms with Crippen molar-refractivity contribution in [2.75, 3.05) is 6.54 Å². The van der Waals surface area contributed by atoms with Gasteiger partial charge in [-0.2, -0.15) is 0 Å². The predicted octanol–water partition coefficient (Wildman–Crippen LogP) is 4.10. The fourth-order valence-corrected chi connectivity index (χ4v) is 3.73. The second-order valence-electron chi connectivity index (χ2n) is 8.35. The summed E-state index contributed by atoms with van der Waals surface area (Å²) in [7, 11) is 0. The largest absolute Gasteiger partial charge is 0.461 e. The summed E-state index contributed by atoms with van der Waals surface area (Å²) < 4.78 is 5.28. The molecular formula is C25H42ClN3O4. The number of hydrogen-bond donors (Lipinski definition) is 2. The van der Waals surface area contributed by atoms with Crippen molar-refractivity contribution >= 4 is 30.2 Å². The quantitative estimate of drug-likeness (QED) is 0.255. The molecule has 0 heterocycles. The number of ether oxygens (including phenoxy) is 1. The Morgan fingerprint density at radius 3 is 2.27 bits per heavy atom. The molecule has 2 amide bonds. The van der Waals surface area contributed by atoms with Crippen LogP contribution in [0.3, 0.4) is 0 Å². The van der Waals surface area contributed by atoms with Gasteiger partial charge < -0.3 is 21.1 Å². The second kappa shape index (κ2) is 18.3. The van der Waals surface area contributed by atoms with Gasteiger partial charge in [0.1, 0.15) is 6.61 Å². The molecule has 7 nitrogen and oxygen atoms in total. The highest BCUT2D eigenvalue weighted by atomic mass is 35.5. The lowest BCUT2D eigenvalue weighted by Gasteiger charge is -2.33. The second-order valence-corrected chi connectivity index (χ2v) is 8.35. The summed E-state index contributed by atoms with van der Waals surface area (Å²) in [5.74, 6) is -0.887. The van der Waals surface area contributed by atoms with E-state index in [1.54, 1.807) is 4.90 Å². The van der Waals surface area contributed by atoms with E-state index in [0.29, 0.717) is 19.4 Å². The Balaban J connectivity index is 0.0000102. The summed E-state index contributed by atoms with van der Waals surface area (Å²) in [4.78, 5) is 38.4. The third-order valence-electron chi connectivity index (χ3n) is 5.47. The topological polar surface area (TPSA) is 116 Å². The minimum atomic E-state index is -0.713. The number of carbonyl (C=O) groups is 3. The number of halogens is 1. The highest BCUT2D eigenvalue weighted by molar-refractivity contribution is 5.85. The van der Waals surface area contributed by atoms with Gasteiger partial charge in [0, 0.05) is 25.4 Å². The van der Waals surface area contributed by atoms with Crippen LogP contribution in [0.25, 0.3) is 0 Å². The van der Waals surface area contributed by atoms with Gasteiger partial charge in [-0.3, -0.25) is 14.4 Å². The van der Waals surface area contributed by atoms with Crippen molar-refractivity contribution in [1.29, 1.82) is 0 Å². The van der Waals surface area contributed by atoms with Crippen LogP contribution < -0.4 is 11.5 Å². The summed E-state index contributed by atoms with van der Waals surface area (Å²) in [6.45, 7) is 4.91. The maximum Gasteiger partial charge on any atom is 0.306 e. The maximum atomic E-state index is 13.1. The van der Waals surface area contributed by atoms with Gasteiger partial charge in [-0.05, 0) is 31.2 Å². The van der Waals surface area contributed by atoms with Crippen molar-refractivity contribution in [1.82, 2.24) is 4.90 Å². The van der Waals surface area contributed by atoms with Crippen molar-refractivity contribution in [3.8, 4) is 0 Å². The van der Waals surface area contributed by atoms with Crippen LogP contribution in [0.5, 0.6) is 0 Å². The van der Waals surface area contributed by atoms with E-state index >= 15 is 0 Å². The molecule has 0 fully saturated rings. The lowest BCUT2D eigenvalue weighted by Crippen LogP contribution is -2.50. The van der Waals surface area contributed by atoms with Crippen molar-refractivity contribution in [3.63, 3.8) is 0 Å². The van der Waals surface area contributed by atoms with E-state index in [-0.39, 0.29) is 49.8 Å². The highest BCUT2D eigenvalue weighted by Crippen LogP contribution is 2.17. The minimum absolute atomic E-state index is 0. The fourth-order valence-electron chi connectivity index (χ4n) is 3.73. The monoisotopic (exact) mass is 483 g/mol. The zero-order valence-electron chi connectivity index (χ0n) is 20.2. The molecule has 2 atom stereocenters. The van der Waals surface area contributed by atoms with Gasteiger partial charge in [-0.15, -0.1) is 12.4 Å². The van der Waals surface area contributed by atoms with Crippen molar-refractivity contribution in [3.05, 3.63) is 35.9 Å². The molecule has 33 heavy (non-hydrogen) atoms. The van der Waals surface area contributed by atoms with E-state index in [2.05, 4.69) is 6.92 Å². The van der Waals surface area contributed by atoms with Gasteiger partial charge in [0.05, 0.1) is 6.04 Å². The van der Waals surface area contributed by atoms with E-state index in [0.717, 1.165) is 44.1 Å². The first-order valence-corrected chi connectivity index (χ1v) is 11.9. The molecule has 0 aromatic heterocycles. The molecule has 0 radical (unpaired) electrons. The van der Waals surface area contributed by atoms with Crippen molar-refractivity contribution < 1.29 is 19.1 Å². The molecule has 0 aliphatic rings. The zero-order valence-corrected chi connectivity index (χ0v) is 21.0. The number of carbonyl (C=O) groups excluding carboxylic acids is 3. The Bertz CT molecular complexity index is 687. The number of nitrogens with zero attached hydrogens (tertiary/aromatic N) is 1. The summed E-state index contributed by atoms with van der Waals surface area (Å²) in [6.07, 6.45) is 7.00. The van der Waals surface area contributed by atoms with Gasteiger partial charge in [0.2, 0.25) is 11.8 Å². The molecule has 188 valence electrons. The van der Waals surface area contributed by atoms with E-state index in [1.807, 2.05) is 37.3 Å². The number of benzene rings is 1. The molecular weight excluding hydrogens is 442 g/mol. The van der Waals surface area contributed by atoms with Crippen LogP contribution >= 0.6 is 12.4 Å². The van der Waals surface area contributed by atoms with Crippen LogP contribution in [0.15, 0.2) is 30.3 Å². The Morgan fingerprint density at radius 1 is 0.970 bits per heavy atom. The lowest BCUT2D eigenvalue weighted by molar-refractivity contribution is -0.145. The van der Waals surface area contributed by atoms with Gasteiger partial charge in [-0.1, -0.05) is 69.9 Å². The highest BCUT2D eigenvalue weighted by Gasteiger charge is 2.28. The van der Waals surface area contributed by atoms with Crippen LogP contribution in [0, 0.1) is 0 Å². The standard InChI is InChI=1S/C25H41N3O4.ClH/c1-3-5-6-10-14-21(18-23(27)29)28(17-4-2)25(31)22(26)15-11-16-24(30)32-19-20-12-8-7-9-13-20;/h7-9,12-13,21-22H,3-6,10-11,14-19,26H2,1-2H3,(H2,27,29);1H/t21-,22-;/m0./s1. The summed E-state index contributed by atoms with van der Waals surface area (Å²) >= 11 is 0. The molecule has 1 aromatic rings. The Kier molecular flexibility index (Phi) is 17.1. The minimum Gasteiger partial charge on any atom is -0.461 e. The molecule has 1 aromatic carbocycles. The number of primary amides is 1. The predicted molar refractivity (Wildman–Crippen MR) is 134 cm³/mol. The average Bonchev–Trinajstić information content (AvgIpc) is 2.78. The van der Waals surface area contributed by atoms with Crippen molar-refractivity contribution in [2.45, 2.75) is 96.7 Å². The van der Waals surface area contributed by atoms with E-state index in [1.165, 1.54) is 0 Å². The molecule has 1 rings (SSSR count). The van der Waals surface area contributed by atoms with Gasteiger partial charge >= 0.3 is 5.97 Å². The molecule has 4 N–H and O–H groups in total. The number of esters is 1. The summed E-state index contributed by atoms with van der Waals surface area (Å²) in [6, 6.07) is 8.55. The van der Waals surface area contributed by atoms with Gasteiger partial charge in [-0.25, -0.2) is 0 Å². The first-order valence-electron chi connectivity index (χ1n) is 11.9. The Morgan fingerprint density at radius 2 is 1.67 bits per heavy atom. The molecule has 0 unspecified atom stereocenters. The van der Waals surface area contributed by atoms with Gasteiger partial charge in [0.15, 0.2) is 0 Å². The fraction of sp³-hybridized carbons (Fsp3) is 0.640. The van der Waals surface area contributed by atoms with Crippen LogP contribution in [-0.2, 0) is 25.7 Å². The number of rotatable bonds is 17. The first-order chi connectivity index (χ1) is 15.4. The maximum absolute atomic E-state index is 13.1. The van der Waals surface area contributed by atoms with Crippen molar-refractivity contribution in [2.24, 2.45) is 11.5 Å². The number of hydrogen-bond acceptors (Lipinski definition) is 5. The van der Waals surface area contributed by atoms with Crippen LogP contribution in [0.1, 0.15) is 83.6 Å². The van der Waals surface area contributed by atoms with Crippen LogP contribution in [0.4, 0.5) is 0 Å². The smallest absolute Gasteiger partial charge is 0.306 e.